The number of aromatic amines is 1. The van der Waals surface area contributed by atoms with Crippen molar-refractivity contribution in [1.82, 2.24) is 9.97 Å². The molecule has 0 aliphatic heterocycles. The van der Waals surface area contributed by atoms with Crippen LogP contribution < -0.4 is 16.0 Å². The van der Waals surface area contributed by atoms with E-state index < -0.39 is 0 Å². The monoisotopic (exact) mass is 273 g/mol. The fraction of sp³-hybridized carbons (Fsp3) is 0.214. The molecular weight excluding hydrogens is 258 g/mol. The van der Waals surface area contributed by atoms with Crippen molar-refractivity contribution in [2.45, 2.75) is 20.3 Å². The molecule has 0 radical (unpaired) electrons. The zero-order valence-corrected chi connectivity index (χ0v) is 11.3. The summed E-state index contributed by atoms with van der Waals surface area (Å²) in [5.41, 5.74) is 6.17. The Balaban J connectivity index is 2.42. The van der Waals surface area contributed by atoms with Crippen molar-refractivity contribution in [1.29, 1.82) is 0 Å². The molecule has 0 aliphatic carbocycles. The first-order chi connectivity index (χ1) is 9.49. The number of H-pyrrole nitrogens is 1. The number of carbonyl (C=O) groups is 1. The Bertz CT molecular complexity index is 707. The topological polar surface area (TPSA) is 98.1 Å². The molecule has 0 spiro atoms. The Kier molecular flexibility index (Phi) is 3.84. The zero-order valence-electron chi connectivity index (χ0n) is 11.3. The van der Waals surface area contributed by atoms with Crippen molar-refractivity contribution >= 4 is 11.5 Å². The van der Waals surface area contributed by atoms with Crippen LogP contribution in [0.4, 0.5) is 5.69 Å². The minimum atomic E-state index is -0.299. The average molecular weight is 273 g/mol. The second kappa shape index (κ2) is 5.56. The number of anilines is 1. The number of nitrogens with zero attached hydrogens (tertiary/aromatic N) is 1. The number of nitrogens with two attached hydrogens (primary N) is 1. The molecule has 0 saturated carbocycles. The number of aryl methyl sites for hydroxylation is 1. The maximum absolute atomic E-state index is 11.6. The van der Waals surface area contributed by atoms with Gasteiger partial charge in [-0.25, -0.2) is 0 Å². The number of nitrogen functional groups attached to an aromatic ring is 1. The lowest BCUT2D eigenvalue weighted by atomic mass is 10.1. The molecule has 0 bridgehead atoms. The maximum Gasteiger partial charge on any atom is 0.254 e. The third kappa shape index (κ3) is 3.03. The summed E-state index contributed by atoms with van der Waals surface area (Å²) in [5.74, 6) is 0.824. The van der Waals surface area contributed by atoms with Gasteiger partial charge in [0.2, 0.25) is 5.88 Å². The normalized spacial score (nSPS) is 10.3. The first-order valence-corrected chi connectivity index (χ1v) is 6.18. The van der Waals surface area contributed by atoms with E-state index in [1.54, 1.807) is 12.1 Å². The molecule has 0 unspecified atom stereocenters. The molecule has 0 saturated heterocycles. The van der Waals surface area contributed by atoms with Gasteiger partial charge >= 0.3 is 0 Å². The number of rotatable bonds is 4. The van der Waals surface area contributed by atoms with Crippen molar-refractivity contribution in [2.75, 3.05) is 5.73 Å². The standard InChI is InChI=1S/C14H15N3O3/c1-3-12-16-13(19)7-14(17-12)20-11-5-4-9(15)6-10(11)8(2)18/h4-7H,3,15H2,1-2H3,(H,16,17,19). The summed E-state index contributed by atoms with van der Waals surface area (Å²) in [5, 5.41) is 0. The van der Waals surface area contributed by atoms with E-state index in [0.717, 1.165) is 0 Å². The molecule has 104 valence electrons. The fourth-order valence-electron chi connectivity index (χ4n) is 1.73. The summed E-state index contributed by atoms with van der Waals surface area (Å²) in [6.07, 6.45) is 0.577. The lowest BCUT2D eigenvalue weighted by Gasteiger charge is -2.09. The van der Waals surface area contributed by atoms with Gasteiger partial charge in [-0.2, -0.15) is 4.98 Å². The average Bonchev–Trinajstić information content (AvgIpc) is 2.40. The third-order valence-electron chi connectivity index (χ3n) is 2.70. The van der Waals surface area contributed by atoms with Gasteiger partial charge in [0.15, 0.2) is 5.78 Å². The molecule has 6 heteroatoms. The van der Waals surface area contributed by atoms with Crippen molar-refractivity contribution in [3.05, 3.63) is 46.0 Å². The Morgan fingerprint density at radius 2 is 2.15 bits per heavy atom. The summed E-state index contributed by atoms with van der Waals surface area (Å²) in [4.78, 5) is 29.8. The molecule has 2 aromatic rings. The number of benzene rings is 1. The van der Waals surface area contributed by atoms with Gasteiger partial charge in [-0.3, -0.25) is 9.59 Å². The van der Waals surface area contributed by atoms with E-state index in [4.69, 9.17) is 10.5 Å². The number of hydrogen-bond donors (Lipinski definition) is 2. The maximum atomic E-state index is 11.6. The number of ketones is 1. The smallest absolute Gasteiger partial charge is 0.254 e. The van der Waals surface area contributed by atoms with Gasteiger partial charge < -0.3 is 15.5 Å². The molecule has 0 amide bonds. The van der Waals surface area contributed by atoms with Gasteiger partial charge in [0.1, 0.15) is 11.6 Å². The van der Waals surface area contributed by atoms with Crippen molar-refractivity contribution < 1.29 is 9.53 Å². The molecule has 0 aliphatic rings. The highest BCUT2D eigenvalue weighted by Gasteiger charge is 2.11. The van der Waals surface area contributed by atoms with E-state index in [1.165, 1.54) is 19.1 Å². The molecule has 3 N–H and O–H groups in total. The molecule has 6 nitrogen and oxygen atoms in total. The Labute approximate surface area is 115 Å². The van der Waals surface area contributed by atoms with Crippen molar-refractivity contribution in [3.63, 3.8) is 0 Å². The van der Waals surface area contributed by atoms with Crippen LogP contribution in [0.3, 0.4) is 0 Å². The van der Waals surface area contributed by atoms with Crippen LogP contribution in [0, 0.1) is 0 Å². The number of ether oxygens (including phenoxy) is 1. The van der Waals surface area contributed by atoms with E-state index in [-0.39, 0.29) is 17.2 Å². The van der Waals surface area contributed by atoms with Gasteiger partial charge in [0, 0.05) is 12.1 Å². The summed E-state index contributed by atoms with van der Waals surface area (Å²) in [6.45, 7) is 3.29. The lowest BCUT2D eigenvalue weighted by molar-refractivity contribution is 0.101. The van der Waals surface area contributed by atoms with E-state index in [2.05, 4.69) is 9.97 Å². The third-order valence-corrected chi connectivity index (χ3v) is 2.70. The number of hydrogen-bond acceptors (Lipinski definition) is 5. The van der Waals surface area contributed by atoms with Crippen LogP contribution in [0.2, 0.25) is 0 Å². The van der Waals surface area contributed by atoms with Crippen LogP contribution in [0.15, 0.2) is 29.1 Å². The van der Waals surface area contributed by atoms with E-state index >= 15 is 0 Å². The molecule has 1 heterocycles. The summed E-state index contributed by atoms with van der Waals surface area (Å²) in [6, 6.07) is 5.97. The molecule has 2 rings (SSSR count). The van der Waals surface area contributed by atoms with Crippen LogP contribution >= 0.6 is 0 Å². The Hall–Kier alpha value is -2.63. The molecule has 0 fully saturated rings. The molecule has 1 aromatic heterocycles. The number of nitrogens with one attached hydrogen (secondary N) is 1. The molecule has 0 atom stereocenters. The van der Waals surface area contributed by atoms with Gasteiger partial charge in [-0.15, -0.1) is 0 Å². The van der Waals surface area contributed by atoms with Crippen molar-refractivity contribution in [2.24, 2.45) is 0 Å². The van der Waals surface area contributed by atoms with Crippen LogP contribution in [-0.2, 0) is 6.42 Å². The quantitative estimate of drug-likeness (QED) is 0.655. The molecular formula is C14H15N3O3. The number of aromatic nitrogens is 2. The predicted molar refractivity (Wildman–Crippen MR) is 75.2 cm³/mol. The second-order valence-corrected chi connectivity index (χ2v) is 4.30. The van der Waals surface area contributed by atoms with E-state index in [9.17, 15) is 9.59 Å². The number of Topliss-reactive ketones (excluding diaryl/α,β-unsaturated/α-hetero) is 1. The largest absolute Gasteiger partial charge is 0.438 e. The van der Waals surface area contributed by atoms with Gasteiger partial charge in [0.05, 0.1) is 11.6 Å². The molecule has 1 aromatic carbocycles. The Morgan fingerprint density at radius 3 is 2.80 bits per heavy atom. The van der Waals surface area contributed by atoms with Gasteiger partial charge in [-0.05, 0) is 25.1 Å². The zero-order chi connectivity index (χ0) is 14.7. The number of carbonyl (C=O) groups excluding carboxylic acids is 1. The first-order valence-electron chi connectivity index (χ1n) is 6.18. The summed E-state index contributed by atoms with van der Waals surface area (Å²) >= 11 is 0. The summed E-state index contributed by atoms with van der Waals surface area (Å²) < 4.78 is 5.54. The first kappa shape index (κ1) is 13.8. The molecule has 20 heavy (non-hydrogen) atoms. The summed E-state index contributed by atoms with van der Waals surface area (Å²) in [7, 11) is 0. The van der Waals surface area contributed by atoms with Crippen LogP contribution in [0.25, 0.3) is 0 Å². The van der Waals surface area contributed by atoms with Crippen LogP contribution in [-0.4, -0.2) is 15.8 Å². The van der Waals surface area contributed by atoms with Crippen LogP contribution in [0.1, 0.15) is 30.0 Å². The minimum absolute atomic E-state index is 0.151. The highest BCUT2D eigenvalue weighted by atomic mass is 16.5. The fourth-order valence-corrected chi connectivity index (χ4v) is 1.73. The van der Waals surface area contributed by atoms with Crippen LogP contribution in [0.5, 0.6) is 11.6 Å². The van der Waals surface area contributed by atoms with Gasteiger partial charge in [0.25, 0.3) is 5.56 Å². The predicted octanol–water partition coefficient (Wildman–Crippen LogP) is 1.91. The van der Waals surface area contributed by atoms with Crippen molar-refractivity contribution in [3.8, 4) is 11.6 Å². The second-order valence-electron chi connectivity index (χ2n) is 4.30. The lowest BCUT2D eigenvalue weighted by Crippen LogP contribution is -2.10. The highest BCUT2D eigenvalue weighted by Crippen LogP contribution is 2.26. The van der Waals surface area contributed by atoms with Gasteiger partial charge in [-0.1, -0.05) is 6.92 Å². The van der Waals surface area contributed by atoms with E-state index in [1.807, 2.05) is 6.92 Å². The minimum Gasteiger partial charge on any atom is -0.438 e. The van der Waals surface area contributed by atoms with E-state index in [0.29, 0.717) is 29.2 Å². The SMILES string of the molecule is CCc1nc(Oc2ccc(N)cc2C(C)=O)cc(=O)[nH]1. The Morgan fingerprint density at radius 1 is 1.40 bits per heavy atom. The highest BCUT2D eigenvalue weighted by molar-refractivity contribution is 5.97.